The first-order valence-corrected chi connectivity index (χ1v) is 11.8. The molecule has 4 aliphatic rings. The Morgan fingerprint density at radius 3 is 2.83 bits per heavy atom. The van der Waals surface area contributed by atoms with Crippen molar-refractivity contribution in [3.05, 3.63) is 57.8 Å². The van der Waals surface area contributed by atoms with Crippen molar-refractivity contribution in [3.8, 4) is 0 Å². The van der Waals surface area contributed by atoms with Crippen LogP contribution < -0.4 is 0 Å². The van der Waals surface area contributed by atoms with Gasteiger partial charge in [-0.2, -0.15) is 0 Å². The number of ketones is 1. The summed E-state index contributed by atoms with van der Waals surface area (Å²) in [5.74, 6) is 0.378. The number of aliphatic hydroxyl groups excluding tert-OH is 2. The van der Waals surface area contributed by atoms with Gasteiger partial charge in [0.25, 0.3) is 0 Å². The molecule has 0 spiro atoms. The normalized spacial score (nSPS) is 43.4. The topological polar surface area (TPSA) is 77.8 Å². The number of rotatable bonds is 3. The van der Waals surface area contributed by atoms with Crippen molar-refractivity contribution in [3.63, 3.8) is 0 Å². The van der Waals surface area contributed by atoms with Crippen molar-refractivity contribution in [2.24, 2.45) is 22.7 Å². The molecule has 1 aromatic heterocycles. The van der Waals surface area contributed by atoms with Gasteiger partial charge in [-0.25, -0.2) is 0 Å². The summed E-state index contributed by atoms with van der Waals surface area (Å²) in [5.41, 5.74) is 0.421. The first-order chi connectivity index (χ1) is 14.3. The molecule has 160 valence electrons. The highest BCUT2D eigenvalue weighted by atomic mass is 32.1. The zero-order valence-corrected chi connectivity index (χ0v) is 18.4. The number of thiophene rings is 1. The van der Waals surface area contributed by atoms with E-state index in [1.165, 1.54) is 11.1 Å². The quantitative estimate of drug-likeness (QED) is 0.643. The molecule has 3 N–H and O–H groups in total. The van der Waals surface area contributed by atoms with Crippen LogP contribution in [0, 0.1) is 22.7 Å². The van der Waals surface area contributed by atoms with Gasteiger partial charge in [-0.05, 0) is 68.0 Å². The van der Waals surface area contributed by atoms with E-state index in [2.05, 4.69) is 26.0 Å². The highest BCUT2D eigenvalue weighted by Crippen LogP contribution is 2.69. The summed E-state index contributed by atoms with van der Waals surface area (Å²) in [4.78, 5) is 13.0. The number of aliphatic hydroxyl groups is 3. The highest BCUT2D eigenvalue weighted by Gasteiger charge is 2.68. The average molecular weight is 427 g/mol. The lowest BCUT2D eigenvalue weighted by molar-refractivity contribution is -0.170. The second kappa shape index (κ2) is 6.73. The number of hydrogen-bond acceptors (Lipinski definition) is 5. The Morgan fingerprint density at radius 1 is 1.33 bits per heavy atom. The van der Waals surface area contributed by atoms with Crippen LogP contribution in [0.3, 0.4) is 0 Å². The van der Waals surface area contributed by atoms with Crippen LogP contribution in [0.1, 0.15) is 50.3 Å². The Bertz CT molecular complexity index is 960. The molecule has 0 amide bonds. The second-order valence-corrected chi connectivity index (χ2v) is 10.9. The summed E-state index contributed by atoms with van der Waals surface area (Å²) in [6, 6.07) is 4.03. The van der Waals surface area contributed by atoms with Crippen LogP contribution in [0.25, 0.3) is 0 Å². The van der Waals surface area contributed by atoms with E-state index in [1.807, 2.05) is 17.5 Å². The Morgan fingerprint density at radius 2 is 2.13 bits per heavy atom. The smallest absolute Gasteiger partial charge is 0.178 e. The summed E-state index contributed by atoms with van der Waals surface area (Å²) < 4.78 is 0. The maximum absolute atomic E-state index is 12.1. The Balaban J connectivity index is 1.61. The van der Waals surface area contributed by atoms with Crippen molar-refractivity contribution < 1.29 is 20.1 Å². The molecule has 4 aliphatic carbocycles. The molecule has 0 radical (unpaired) electrons. The van der Waals surface area contributed by atoms with E-state index in [9.17, 15) is 20.1 Å². The SMILES string of the molecule is C[C@]12C=CC(=O)C=C1CCC1C2=CC[C@@]2(C)C1C[C@H](c1cccs1)[C@]2(O)C(O)CO. The van der Waals surface area contributed by atoms with Gasteiger partial charge in [-0.15, -0.1) is 11.3 Å². The Hall–Kier alpha value is -1.53. The van der Waals surface area contributed by atoms with E-state index < -0.39 is 23.7 Å². The molecule has 2 saturated carbocycles. The van der Waals surface area contributed by atoms with Gasteiger partial charge in [-0.1, -0.05) is 36.3 Å². The van der Waals surface area contributed by atoms with Gasteiger partial charge in [0.05, 0.1) is 6.61 Å². The molecule has 7 atom stereocenters. The van der Waals surface area contributed by atoms with Gasteiger partial charge in [-0.3, -0.25) is 4.79 Å². The lowest BCUT2D eigenvalue weighted by atomic mass is 9.51. The third-order valence-corrected chi connectivity index (χ3v) is 9.83. The van der Waals surface area contributed by atoms with E-state index in [4.69, 9.17) is 0 Å². The van der Waals surface area contributed by atoms with Crippen LogP contribution in [0.4, 0.5) is 0 Å². The van der Waals surface area contributed by atoms with Crippen LogP contribution in [0.2, 0.25) is 0 Å². The minimum Gasteiger partial charge on any atom is -0.394 e. The van der Waals surface area contributed by atoms with Crippen molar-refractivity contribution in [2.45, 2.75) is 57.2 Å². The Labute approximate surface area is 181 Å². The van der Waals surface area contributed by atoms with Crippen molar-refractivity contribution in [2.75, 3.05) is 6.61 Å². The molecule has 3 unspecified atom stereocenters. The van der Waals surface area contributed by atoms with Crippen LogP contribution in [0.5, 0.6) is 0 Å². The molecule has 0 aliphatic heterocycles. The lowest BCUT2D eigenvalue weighted by Gasteiger charge is -2.55. The van der Waals surface area contributed by atoms with Gasteiger partial charge in [0.15, 0.2) is 5.78 Å². The zero-order valence-electron chi connectivity index (χ0n) is 17.5. The predicted molar refractivity (Wildman–Crippen MR) is 117 cm³/mol. The fourth-order valence-corrected chi connectivity index (χ4v) is 8.09. The largest absolute Gasteiger partial charge is 0.394 e. The van der Waals surface area contributed by atoms with Crippen molar-refractivity contribution in [1.82, 2.24) is 0 Å². The van der Waals surface area contributed by atoms with Gasteiger partial charge in [0, 0.05) is 21.6 Å². The molecule has 30 heavy (non-hydrogen) atoms. The lowest BCUT2D eigenvalue weighted by Crippen LogP contribution is -2.59. The molecular formula is C25H30O4S. The van der Waals surface area contributed by atoms with E-state index in [-0.39, 0.29) is 23.0 Å². The number of carbonyl (C=O) groups excluding carboxylic acids is 1. The number of carbonyl (C=O) groups is 1. The molecule has 5 rings (SSSR count). The summed E-state index contributed by atoms with van der Waals surface area (Å²) in [6.45, 7) is 3.87. The van der Waals surface area contributed by atoms with Gasteiger partial charge in [0.1, 0.15) is 11.7 Å². The van der Waals surface area contributed by atoms with Crippen LogP contribution in [-0.4, -0.2) is 39.4 Å². The summed E-state index contributed by atoms with van der Waals surface area (Å²) in [6.07, 6.45) is 9.93. The van der Waals surface area contributed by atoms with Crippen molar-refractivity contribution in [1.29, 1.82) is 0 Å². The zero-order chi connectivity index (χ0) is 21.3. The minimum absolute atomic E-state index is 0.0706. The molecule has 0 bridgehead atoms. The molecule has 0 aromatic carbocycles. The monoisotopic (exact) mass is 426 g/mol. The van der Waals surface area contributed by atoms with E-state index >= 15 is 0 Å². The maximum Gasteiger partial charge on any atom is 0.178 e. The molecule has 1 aromatic rings. The average Bonchev–Trinajstić information content (AvgIpc) is 3.33. The van der Waals surface area contributed by atoms with Crippen LogP contribution in [0.15, 0.2) is 53.0 Å². The van der Waals surface area contributed by atoms with Crippen molar-refractivity contribution >= 4 is 17.1 Å². The standard InChI is InChI=1S/C25H30O4S/c1-23-9-7-16(27)12-15(23)5-6-17-18(23)8-10-24(2)19(17)13-20(21-4-3-11-30-21)25(24,29)22(28)14-26/h3-4,7-9,11-12,17,19-20,22,26,28-29H,5-6,10,13-14H2,1-2H3/t17?,19?,20-,22?,23+,24+,25+/m1/s1. The molecule has 0 saturated heterocycles. The third-order valence-electron chi connectivity index (χ3n) is 8.84. The predicted octanol–water partition coefficient (Wildman–Crippen LogP) is 3.75. The highest BCUT2D eigenvalue weighted by molar-refractivity contribution is 7.10. The van der Waals surface area contributed by atoms with Crippen LogP contribution in [-0.2, 0) is 4.79 Å². The fourth-order valence-electron chi connectivity index (χ4n) is 7.18. The van der Waals surface area contributed by atoms with E-state index in [0.29, 0.717) is 12.3 Å². The first kappa shape index (κ1) is 20.4. The second-order valence-electron chi connectivity index (χ2n) is 9.97. The molecular weight excluding hydrogens is 396 g/mol. The summed E-state index contributed by atoms with van der Waals surface area (Å²) in [5, 5.41) is 34.8. The Kier molecular flexibility index (Phi) is 4.57. The van der Waals surface area contributed by atoms with Gasteiger partial charge >= 0.3 is 0 Å². The van der Waals surface area contributed by atoms with Gasteiger partial charge < -0.3 is 15.3 Å². The van der Waals surface area contributed by atoms with E-state index in [0.717, 1.165) is 24.1 Å². The molecule has 1 heterocycles. The first-order valence-electron chi connectivity index (χ1n) is 10.9. The number of hydrogen-bond donors (Lipinski definition) is 3. The number of allylic oxidation sites excluding steroid dienone is 6. The maximum atomic E-state index is 12.1. The molecule has 5 heteroatoms. The number of fused-ring (bicyclic) bond motifs is 5. The fraction of sp³-hybridized carbons (Fsp3) is 0.560. The van der Waals surface area contributed by atoms with Crippen LogP contribution >= 0.6 is 11.3 Å². The third kappa shape index (κ3) is 2.46. The summed E-state index contributed by atoms with van der Waals surface area (Å²) in [7, 11) is 0. The van der Waals surface area contributed by atoms with E-state index in [1.54, 1.807) is 23.5 Å². The minimum atomic E-state index is -1.38. The molecule has 4 nitrogen and oxygen atoms in total. The van der Waals surface area contributed by atoms with Gasteiger partial charge in [0.2, 0.25) is 0 Å². The molecule has 2 fully saturated rings. The summed E-state index contributed by atoms with van der Waals surface area (Å²) >= 11 is 1.61.